The van der Waals surface area contributed by atoms with Gasteiger partial charge in [-0.05, 0) is 37.1 Å². The molecule has 2 fully saturated rings. The second-order valence-electron chi connectivity index (χ2n) is 6.09. The Kier molecular flexibility index (Phi) is 5.87. The highest BCUT2D eigenvalue weighted by atomic mass is 35.5. The molecule has 0 aromatic heterocycles. The molecule has 2 atom stereocenters. The number of rotatable bonds is 3. The molecule has 1 aromatic carbocycles. The molecule has 0 N–H and O–H groups in total. The highest BCUT2D eigenvalue weighted by Crippen LogP contribution is 2.35. The average molecular weight is 373 g/mol. The van der Waals surface area contributed by atoms with E-state index in [1.54, 1.807) is 12.1 Å². The molecule has 0 aliphatic carbocycles. The van der Waals surface area contributed by atoms with Gasteiger partial charge in [-0.25, -0.2) is 4.79 Å². The Hall–Kier alpha value is -1.01. The van der Waals surface area contributed by atoms with E-state index in [0.29, 0.717) is 11.6 Å². The molecule has 5 nitrogen and oxygen atoms in total. The van der Waals surface area contributed by atoms with Crippen molar-refractivity contribution in [2.24, 2.45) is 0 Å². The van der Waals surface area contributed by atoms with E-state index in [0.717, 1.165) is 44.8 Å². The van der Waals surface area contributed by atoms with E-state index >= 15 is 0 Å². The number of hydrogen-bond acceptors (Lipinski definition) is 5. The zero-order valence-electron chi connectivity index (χ0n) is 13.7. The fraction of sp³-hybridized carbons (Fsp3) is 0.588. The van der Waals surface area contributed by atoms with E-state index in [-0.39, 0.29) is 17.0 Å². The molecule has 2 saturated heterocycles. The summed E-state index contributed by atoms with van der Waals surface area (Å²) in [6, 6.07) is 7.59. The van der Waals surface area contributed by atoms with Crippen LogP contribution in [0, 0.1) is 0 Å². The lowest BCUT2D eigenvalue weighted by atomic mass is 10.0. The first-order valence-electron chi connectivity index (χ1n) is 8.17. The molecule has 0 spiro atoms. The Morgan fingerprint density at radius 2 is 1.71 bits per heavy atom. The molecule has 2 aliphatic rings. The first kappa shape index (κ1) is 17.8. The van der Waals surface area contributed by atoms with Gasteiger partial charge in [-0.1, -0.05) is 23.2 Å². The number of ether oxygens (including phenoxy) is 2. The summed E-state index contributed by atoms with van der Waals surface area (Å²) in [5.74, 6) is -0.350. The highest BCUT2D eigenvalue weighted by Gasteiger charge is 2.36. The van der Waals surface area contributed by atoms with Crippen molar-refractivity contribution in [2.75, 3.05) is 38.3 Å². The van der Waals surface area contributed by atoms with Crippen LogP contribution in [0.3, 0.4) is 0 Å². The van der Waals surface area contributed by atoms with Gasteiger partial charge in [0.05, 0.1) is 25.9 Å². The number of benzene rings is 1. The molecule has 0 radical (unpaired) electrons. The van der Waals surface area contributed by atoms with Crippen LogP contribution in [0.5, 0.6) is 0 Å². The Morgan fingerprint density at radius 1 is 1.12 bits per heavy atom. The van der Waals surface area contributed by atoms with Gasteiger partial charge in [0.2, 0.25) is 0 Å². The number of anilines is 1. The number of halogens is 2. The maximum absolute atomic E-state index is 11.5. The maximum Gasteiger partial charge on any atom is 0.337 e. The third-order valence-corrected chi connectivity index (χ3v) is 5.46. The Bertz CT molecular complexity index is 551. The van der Waals surface area contributed by atoms with Crippen molar-refractivity contribution in [3.05, 3.63) is 29.8 Å². The zero-order valence-corrected chi connectivity index (χ0v) is 15.2. The van der Waals surface area contributed by atoms with Crippen molar-refractivity contribution < 1.29 is 14.3 Å². The van der Waals surface area contributed by atoms with E-state index in [1.807, 2.05) is 17.0 Å². The normalized spacial score (nSPS) is 28.6. The van der Waals surface area contributed by atoms with Crippen molar-refractivity contribution in [1.29, 1.82) is 0 Å². The summed E-state index contributed by atoms with van der Waals surface area (Å²) < 4.78 is 10.1. The standard InChI is InChI=1S/C17H22Cl2N2O3/c1-23-17(22)12-2-4-13(5-3-12)21-15(18)10-14(11-16(21)19)20-6-8-24-9-7-20/h2-5,14-16H,6-11H2,1H3. The van der Waals surface area contributed by atoms with Crippen LogP contribution < -0.4 is 4.90 Å². The molecule has 24 heavy (non-hydrogen) atoms. The molecule has 0 amide bonds. The van der Waals surface area contributed by atoms with E-state index in [9.17, 15) is 4.79 Å². The lowest BCUT2D eigenvalue weighted by molar-refractivity contribution is 0.00947. The van der Waals surface area contributed by atoms with Gasteiger partial charge in [-0.3, -0.25) is 4.90 Å². The lowest BCUT2D eigenvalue weighted by Crippen LogP contribution is -2.53. The van der Waals surface area contributed by atoms with E-state index < -0.39 is 0 Å². The number of hydrogen-bond donors (Lipinski definition) is 0. The minimum atomic E-state index is -0.350. The molecule has 0 bridgehead atoms. The van der Waals surface area contributed by atoms with Gasteiger partial charge in [0.15, 0.2) is 0 Å². The quantitative estimate of drug-likeness (QED) is 0.463. The minimum absolute atomic E-state index is 0.182. The van der Waals surface area contributed by atoms with Crippen LogP contribution in [0.4, 0.5) is 5.69 Å². The monoisotopic (exact) mass is 372 g/mol. The van der Waals surface area contributed by atoms with Crippen molar-refractivity contribution in [2.45, 2.75) is 29.9 Å². The van der Waals surface area contributed by atoms with Crippen LogP contribution >= 0.6 is 23.2 Å². The first-order valence-corrected chi connectivity index (χ1v) is 9.04. The van der Waals surface area contributed by atoms with Gasteiger partial charge in [0.25, 0.3) is 0 Å². The summed E-state index contributed by atoms with van der Waals surface area (Å²) in [5, 5.41) is 0. The largest absolute Gasteiger partial charge is 0.465 e. The second-order valence-corrected chi connectivity index (χ2v) is 7.10. The van der Waals surface area contributed by atoms with Crippen LogP contribution in [0.2, 0.25) is 0 Å². The number of methoxy groups -OCH3 is 1. The molecule has 132 valence electrons. The van der Waals surface area contributed by atoms with Gasteiger partial charge in [-0.15, -0.1) is 0 Å². The molecular formula is C17H22Cl2N2O3. The van der Waals surface area contributed by atoms with E-state index in [4.69, 9.17) is 32.7 Å². The fourth-order valence-electron chi connectivity index (χ4n) is 3.40. The zero-order chi connectivity index (χ0) is 17.1. The van der Waals surface area contributed by atoms with Crippen LogP contribution in [0.15, 0.2) is 24.3 Å². The smallest absolute Gasteiger partial charge is 0.337 e. The summed E-state index contributed by atoms with van der Waals surface area (Å²) >= 11 is 13.3. The first-order chi connectivity index (χ1) is 11.6. The van der Waals surface area contributed by atoms with E-state index in [2.05, 4.69) is 4.90 Å². The summed E-state index contributed by atoms with van der Waals surface area (Å²) in [7, 11) is 1.37. The van der Waals surface area contributed by atoms with Gasteiger partial charge in [-0.2, -0.15) is 0 Å². The SMILES string of the molecule is COC(=O)c1ccc(N2C(Cl)CC(N3CCOCC3)CC2Cl)cc1. The second kappa shape index (κ2) is 7.91. The molecule has 2 heterocycles. The maximum atomic E-state index is 11.5. The average Bonchev–Trinajstić information content (AvgIpc) is 2.61. The number of alkyl halides is 2. The highest BCUT2D eigenvalue weighted by molar-refractivity contribution is 6.26. The van der Waals surface area contributed by atoms with Crippen molar-refractivity contribution in [3.8, 4) is 0 Å². The summed E-state index contributed by atoms with van der Waals surface area (Å²) in [6.45, 7) is 3.42. The van der Waals surface area contributed by atoms with Crippen LogP contribution in [-0.4, -0.2) is 61.3 Å². The molecule has 2 unspecified atom stereocenters. The van der Waals surface area contributed by atoms with Crippen LogP contribution in [0.25, 0.3) is 0 Å². The predicted octanol–water partition coefficient (Wildman–Crippen LogP) is 2.90. The molecule has 3 rings (SSSR count). The third kappa shape index (κ3) is 3.80. The predicted molar refractivity (Wildman–Crippen MR) is 95.0 cm³/mol. The number of esters is 1. The number of piperidine rings is 1. The van der Waals surface area contributed by atoms with Gasteiger partial charge < -0.3 is 14.4 Å². The van der Waals surface area contributed by atoms with Crippen molar-refractivity contribution in [1.82, 2.24) is 4.90 Å². The van der Waals surface area contributed by atoms with Gasteiger partial charge in [0.1, 0.15) is 11.0 Å². The van der Waals surface area contributed by atoms with Crippen LogP contribution in [-0.2, 0) is 9.47 Å². The summed E-state index contributed by atoms with van der Waals surface area (Å²) in [4.78, 5) is 16.0. The molecular weight excluding hydrogens is 351 g/mol. The van der Waals surface area contributed by atoms with Gasteiger partial charge >= 0.3 is 5.97 Å². The number of morpholine rings is 1. The summed E-state index contributed by atoms with van der Waals surface area (Å²) in [6.07, 6.45) is 1.70. The molecule has 1 aromatic rings. The van der Waals surface area contributed by atoms with Gasteiger partial charge in [0, 0.05) is 24.8 Å². The third-order valence-electron chi connectivity index (χ3n) is 4.69. The molecule has 2 aliphatic heterocycles. The van der Waals surface area contributed by atoms with Crippen molar-refractivity contribution >= 4 is 34.9 Å². The van der Waals surface area contributed by atoms with E-state index in [1.165, 1.54) is 7.11 Å². The summed E-state index contributed by atoms with van der Waals surface area (Å²) in [5.41, 5.74) is 1.07. The minimum Gasteiger partial charge on any atom is -0.465 e. The van der Waals surface area contributed by atoms with Crippen molar-refractivity contribution in [3.63, 3.8) is 0 Å². The Balaban J connectivity index is 1.69. The fourth-order valence-corrected chi connectivity index (χ4v) is 4.37. The van der Waals surface area contributed by atoms with Crippen LogP contribution in [0.1, 0.15) is 23.2 Å². The number of carbonyl (C=O) groups is 1. The topological polar surface area (TPSA) is 42.0 Å². The number of carbonyl (C=O) groups excluding carboxylic acids is 1. The Labute approximate surface area is 152 Å². The Morgan fingerprint density at radius 3 is 2.25 bits per heavy atom. The molecule has 7 heteroatoms. The lowest BCUT2D eigenvalue weighted by Gasteiger charge is -2.45. The number of nitrogens with zero attached hydrogens (tertiary/aromatic N) is 2. The molecule has 0 saturated carbocycles.